The van der Waals surface area contributed by atoms with Gasteiger partial charge in [-0.15, -0.1) is 0 Å². The van der Waals surface area contributed by atoms with Crippen molar-refractivity contribution in [2.24, 2.45) is 0 Å². The number of ether oxygens (including phenoxy) is 2. The fourth-order valence-electron chi connectivity index (χ4n) is 2.90. The van der Waals surface area contributed by atoms with Crippen molar-refractivity contribution in [3.63, 3.8) is 0 Å². The van der Waals surface area contributed by atoms with Crippen molar-refractivity contribution >= 4 is 5.69 Å². The summed E-state index contributed by atoms with van der Waals surface area (Å²) in [6, 6.07) is 4.82. The fourth-order valence-corrected chi connectivity index (χ4v) is 2.90. The molecule has 0 amide bonds. The molecule has 3 aromatic rings. The molecule has 2 aromatic heterocycles. The lowest BCUT2D eigenvalue weighted by Crippen LogP contribution is -2.11. The van der Waals surface area contributed by atoms with Gasteiger partial charge in [0.1, 0.15) is 17.4 Å². The fraction of sp³-hybridized carbons (Fsp3) is 0.353. The zero-order valence-corrected chi connectivity index (χ0v) is 15.6. The Hall–Kier alpha value is -3.43. The Morgan fingerprint density at radius 1 is 1.22 bits per heavy atom. The van der Waals surface area contributed by atoms with E-state index in [1.807, 2.05) is 0 Å². The van der Waals surface area contributed by atoms with Gasteiger partial charge in [-0.1, -0.05) is 5.16 Å². The number of aryl methyl sites for hydroxylation is 1. The minimum atomic E-state index is -0.459. The number of methoxy groups -OCH3 is 2. The van der Waals surface area contributed by atoms with Crippen molar-refractivity contribution in [2.75, 3.05) is 14.2 Å². The van der Waals surface area contributed by atoms with Gasteiger partial charge < -0.3 is 14.0 Å². The summed E-state index contributed by atoms with van der Waals surface area (Å²) in [4.78, 5) is 15.2. The van der Waals surface area contributed by atoms with E-state index in [0.29, 0.717) is 40.2 Å². The molecule has 27 heavy (non-hydrogen) atoms. The minimum absolute atomic E-state index is 0.0125. The second-order valence-electron chi connectivity index (χ2n) is 5.92. The first-order valence-corrected chi connectivity index (χ1v) is 8.13. The van der Waals surface area contributed by atoms with E-state index in [9.17, 15) is 10.1 Å². The number of nitrogens with zero attached hydrogens (tertiary/aromatic N) is 5. The summed E-state index contributed by atoms with van der Waals surface area (Å²) in [5, 5.41) is 19.4. The van der Waals surface area contributed by atoms with E-state index in [2.05, 4.69) is 15.2 Å². The molecule has 0 spiro atoms. The average Bonchev–Trinajstić information content (AvgIpc) is 3.25. The Bertz CT molecular complexity index is 994. The van der Waals surface area contributed by atoms with Crippen molar-refractivity contribution in [2.45, 2.75) is 26.8 Å². The molecule has 10 nitrogen and oxygen atoms in total. The van der Waals surface area contributed by atoms with Crippen LogP contribution in [0.3, 0.4) is 0 Å². The van der Waals surface area contributed by atoms with E-state index in [0.717, 1.165) is 0 Å². The molecule has 0 fully saturated rings. The van der Waals surface area contributed by atoms with Crippen molar-refractivity contribution in [3.8, 4) is 22.9 Å². The molecule has 0 aliphatic heterocycles. The topological polar surface area (TPSA) is 118 Å². The van der Waals surface area contributed by atoms with E-state index in [1.165, 1.54) is 4.68 Å². The van der Waals surface area contributed by atoms with Crippen LogP contribution in [-0.4, -0.2) is 39.1 Å². The first-order valence-electron chi connectivity index (χ1n) is 8.13. The number of hydrogen-bond donors (Lipinski definition) is 0. The van der Waals surface area contributed by atoms with E-state index < -0.39 is 11.0 Å². The molecule has 3 rings (SSSR count). The van der Waals surface area contributed by atoms with Crippen LogP contribution in [0, 0.1) is 24.0 Å². The number of aromatic nitrogens is 4. The molecular weight excluding hydrogens is 354 g/mol. The van der Waals surface area contributed by atoms with Crippen LogP contribution in [0.15, 0.2) is 22.7 Å². The zero-order chi connectivity index (χ0) is 19.7. The van der Waals surface area contributed by atoms with Crippen LogP contribution in [0.1, 0.15) is 30.2 Å². The average molecular weight is 373 g/mol. The van der Waals surface area contributed by atoms with Crippen molar-refractivity contribution in [1.29, 1.82) is 0 Å². The second-order valence-corrected chi connectivity index (χ2v) is 5.92. The SMILES string of the molecule is COc1ccc(-c2noc([C@H](C)n3nc(C)c([N+](=O)[O-])c3C)n2)cc1OC. The second kappa shape index (κ2) is 7.06. The van der Waals surface area contributed by atoms with Crippen LogP contribution in [0.25, 0.3) is 11.4 Å². The van der Waals surface area contributed by atoms with Gasteiger partial charge in [0, 0.05) is 5.56 Å². The van der Waals surface area contributed by atoms with Crippen molar-refractivity contribution in [3.05, 3.63) is 45.6 Å². The van der Waals surface area contributed by atoms with E-state index in [4.69, 9.17) is 14.0 Å². The zero-order valence-electron chi connectivity index (χ0n) is 15.6. The van der Waals surface area contributed by atoms with E-state index in [1.54, 1.807) is 53.2 Å². The third-order valence-corrected chi connectivity index (χ3v) is 4.28. The van der Waals surface area contributed by atoms with Crippen LogP contribution in [0.4, 0.5) is 5.69 Å². The third-order valence-electron chi connectivity index (χ3n) is 4.28. The van der Waals surface area contributed by atoms with Gasteiger partial charge in [0.2, 0.25) is 5.82 Å². The Balaban J connectivity index is 1.94. The van der Waals surface area contributed by atoms with Crippen molar-refractivity contribution in [1.82, 2.24) is 19.9 Å². The summed E-state index contributed by atoms with van der Waals surface area (Å²) in [6.07, 6.45) is 0. The largest absolute Gasteiger partial charge is 0.493 e. The minimum Gasteiger partial charge on any atom is -0.493 e. The molecule has 142 valence electrons. The lowest BCUT2D eigenvalue weighted by Gasteiger charge is -2.09. The molecule has 1 aromatic carbocycles. The molecule has 0 radical (unpaired) electrons. The highest BCUT2D eigenvalue weighted by molar-refractivity contribution is 5.60. The quantitative estimate of drug-likeness (QED) is 0.478. The van der Waals surface area contributed by atoms with Crippen LogP contribution in [-0.2, 0) is 0 Å². The Morgan fingerprint density at radius 2 is 1.93 bits per heavy atom. The first-order chi connectivity index (χ1) is 12.9. The predicted octanol–water partition coefficient (Wildman–Crippen LogP) is 3.08. The Labute approximate surface area is 154 Å². The first kappa shape index (κ1) is 18.4. The Kier molecular flexibility index (Phi) is 4.80. The molecule has 0 saturated heterocycles. The summed E-state index contributed by atoms with van der Waals surface area (Å²) in [5.41, 5.74) is 1.44. The third kappa shape index (κ3) is 3.21. The highest BCUT2D eigenvalue weighted by atomic mass is 16.6. The normalized spacial score (nSPS) is 12.0. The van der Waals surface area contributed by atoms with Crippen LogP contribution in [0.2, 0.25) is 0 Å². The van der Waals surface area contributed by atoms with Crippen LogP contribution in [0.5, 0.6) is 11.5 Å². The summed E-state index contributed by atoms with van der Waals surface area (Å²) in [7, 11) is 3.10. The predicted molar refractivity (Wildman–Crippen MR) is 95.0 cm³/mol. The molecule has 0 bridgehead atoms. The van der Waals surface area contributed by atoms with Crippen molar-refractivity contribution < 1.29 is 18.9 Å². The summed E-state index contributed by atoms with van der Waals surface area (Å²) < 4.78 is 17.4. The van der Waals surface area contributed by atoms with E-state index >= 15 is 0 Å². The molecule has 0 aliphatic carbocycles. The van der Waals surface area contributed by atoms with Gasteiger partial charge in [-0.3, -0.25) is 14.8 Å². The molecule has 0 aliphatic rings. The highest BCUT2D eigenvalue weighted by Gasteiger charge is 2.27. The van der Waals surface area contributed by atoms with Gasteiger partial charge in [0.25, 0.3) is 5.89 Å². The number of rotatable bonds is 6. The molecule has 1 atom stereocenters. The molecule has 0 saturated carbocycles. The van der Waals surface area contributed by atoms with Gasteiger partial charge in [0.05, 0.1) is 19.1 Å². The number of hydrogen-bond acceptors (Lipinski definition) is 8. The van der Waals surface area contributed by atoms with Crippen LogP contribution < -0.4 is 9.47 Å². The van der Waals surface area contributed by atoms with Gasteiger partial charge >= 0.3 is 5.69 Å². The number of benzene rings is 1. The van der Waals surface area contributed by atoms with Gasteiger partial charge in [0.15, 0.2) is 11.5 Å². The molecular formula is C17H19N5O5. The van der Waals surface area contributed by atoms with Gasteiger partial charge in [-0.05, 0) is 39.0 Å². The molecule has 0 N–H and O–H groups in total. The summed E-state index contributed by atoms with van der Waals surface area (Å²) in [6.45, 7) is 5.02. The molecule has 10 heteroatoms. The van der Waals surface area contributed by atoms with Gasteiger partial charge in [-0.2, -0.15) is 10.1 Å². The molecule has 0 unspecified atom stereocenters. The van der Waals surface area contributed by atoms with E-state index in [-0.39, 0.29) is 5.69 Å². The maximum absolute atomic E-state index is 11.2. The van der Waals surface area contributed by atoms with Gasteiger partial charge in [-0.25, -0.2) is 0 Å². The Morgan fingerprint density at radius 3 is 2.52 bits per heavy atom. The standard InChI is InChI=1S/C17H19N5O5/c1-9-15(22(23)24)10(2)21(19-9)11(3)17-18-16(20-27-17)12-6-7-13(25-4)14(8-12)26-5/h6-8,11H,1-5H3/t11-/m0/s1. The summed E-state index contributed by atoms with van der Waals surface area (Å²) >= 11 is 0. The lowest BCUT2D eigenvalue weighted by atomic mass is 10.2. The maximum Gasteiger partial charge on any atom is 0.312 e. The number of nitro groups is 1. The maximum atomic E-state index is 11.2. The van der Waals surface area contributed by atoms with Crippen LogP contribution >= 0.6 is 0 Å². The highest BCUT2D eigenvalue weighted by Crippen LogP contribution is 2.32. The monoisotopic (exact) mass is 373 g/mol. The molecule has 2 heterocycles. The summed E-state index contributed by atoms with van der Waals surface area (Å²) in [5.74, 6) is 1.80. The lowest BCUT2D eigenvalue weighted by molar-refractivity contribution is -0.386. The smallest absolute Gasteiger partial charge is 0.312 e.